The van der Waals surface area contributed by atoms with E-state index >= 15 is 0 Å². The number of anilines is 1. The summed E-state index contributed by atoms with van der Waals surface area (Å²) in [7, 11) is 0. The van der Waals surface area contributed by atoms with Crippen LogP contribution >= 0.6 is 0 Å². The zero-order valence-corrected chi connectivity index (χ0v) is 9.97. The fourth-order valence-corrected chi connectivity index (χ4v) is 2.39. The molecule has 3 heterocycles. The monoisotopic (exact) mass is 231 g/mol. The first-order valence-electron chi connectivity index (χ1n) is 6.15. The van der Waals surface area contributed by atoms with Crippen LogP contribution in [0.3, 0.4) is 0 Å². The molecule has 90 valence electrons. The molecule has 2 unspecified atom stereocenters. The van der Waals surface area contributed by atoms with E-state index in [-0.39, 0.29) is 0 Å². The first-order valence-corrected chi connectivity index (χ1v) is 6.15. The summed E-state index contributed by atoms with van der Waals surface area (Å²) < 4.78 is 7.75. The number of imidazole rings is 1. The molecular formula is C13H17N3O. The van der Waals surface area contributed by atoms with E-state index < -0.39 is 0 Å². The van der Waals surface area contributed by atoms with Gasteiger partial charge in [0.2, 0.25) is 0 Å². The van der Waals surface area contributed by atoms with Crippen molar-refractivity contribution in [1.29, 1.82) is 0 Å². The maximum absolute atomic E-state index is 5.69. The Morgan fingerprint density at radius 3 is 3.29 bits per heavy atom. The average molecular weight is 231 g/mol. The molecule has 0 aromatic carbocycles. The van der Waals surface area contributed by atoms with Crippen molar-refractivity contribution in [2.45, 2.75) is 31.9 Å². The second-order valence-electron chi connectivity index (χ2n) is 4.55. The average Bonchev–Trinajstić information content (AvgIpc) is 3.00. The van der Waals surface area contributed by atoms with Gasteiger partial charge in [-0.2, -0.15) is 0 Å². The van der Waals surface area contributed by atoms with Crippen LogP contribution < -0.4 is 5.32 Å². The van der Waals surface area contributed by atoms with Gasteiger partial charge in [0.15, 0.2) is 0 Å². The Morgan fingerprint density at radius 1 is 1.53 bits per heavy atom. The molecule has 4 heteroatoms. The van der Waals surface area contributed by atoms with E-state index in [1.807, 2.05) is 24.5 Å². The third-order valence-corrected chi connectivity index (χ3v) is 3.33. The van der Waals surface area contributed by atoms with Crippen molar-refractivity contribution in [1.82, 2.24) is 9.38 Å². The lowest BCUT2D eigenvalue weighted by Gasteiger charge is -2.21. The minimum Gasteiger partial charge on any atom is -0.376 e. The highest BCUT2D eigenvalue weighted by molar-refractivity contribution is 5.50. The maximum Gasteiger partial charge on any atom is 0.138 e. The number of hydrogen-bond donors (Lipinski definition) is 1. The van der Waals surface area contributed by atoms with Gasteiger partial charge in [0.05, 0.1) is 12.1 Å². The van der Waals surface area contributed by atoms with Gasteiger partial charge in [-0.25, -0.2) is 4.98 Å². The van der Waals surface area contributed by atoms with Crippen LogP contribution in [0.4, 0.5) is 5.82 Å². The van der Waals surface area contributed by atoms with Crippen molar-refractivity contribution in [3.8, 4) is 0 Å². The van der Waals surface area contributed by atoms with Crippen LogP contribution in [0.15, 0.2) is 30.6 Å². The first-order chi connectivity index (χ1) is 8.34. The Labute approximate surface area is 101 Å². The number of fused-ring (bicyclic) bond motifs is 1. The Hall–Kier alpha value is -1.55. The van der Waals surface area contributed by atoms with Gasteiger partial charge in [-0.05, 0) is 31.9 Å². The molecule has 1 N–H and O–H groups in total. The zero-order chi connectivity index (χ0) is 11.7. The Kier molecular flexibility index (Phi) is 2.73. The van der Waals surface area contributed by atoms with Crippen LogP contribution in [0.1, 0.15) is 19.8 Å². The molecule has 1 aliphatic rings. The van der Waals surface area contributed by atoms with Gasteiger partial charge in [0.25, 0.3) is 0 Å². The molecule has 1 saturated heterocycles. The molecule has 4 nitrogen and oxygen atoms in total. The van der Waals surface area contributed by atoms with Gasteiger partial charge in [-0.1, -0.05) is 6.07 Å². The lowest BCUT2D eigenvalue weighted by Crippen LogP contribution is -2.30. The van der Waals surface area contributed by atoms with Gasteiger partial charge in [0.1, 0.15) is 11.5 Å². The van der Waals surface area contributed by atoms with E-state index in [9.17, 15) is 0 Å². The summed E-state index contributed by atoms with van der Waals surface area (Å²) in [5.74, 6) is 1.07. The van der Waals surface area contributed by atoms with Crippen molar-refractivity contribution >= 4 is 11.5 Å². The van der Waals surface area contributed by atoms with Crippen molar-refractivity contribution in [2.75, 3.05) is 11.9 Å². The van der Waals surface area contributed by atoms with Crippen LogP contribution in [-0.2, 0) is 4.74 Å². The predicted molar refractivity (Wildman–Crippen MR) is 67.3 cm³/mol. The first kappa shape index (κ1) is 10.6. The summed E-state index contributed by atoms with van der Waals surface area (Å²) in [6, 6.07) is 6.42. The van der Waals surface area contributed by atoms with Crippen LogP contribution in [0.25, 0.3) is 5.65 Å². The fourth-order valence-electron chi connectivity index (χ4n) is 2.39. The number of ether oxygens (including phenoxy) is 1. The second kappa shape index (κ2) is 4.37. The van der Waals surface area contributed by atoms with E-state index in [1.54, 1.807) is 0 Å². The Balaban J connectivity index is 1.81. The van der Waals surface area contributed by atoms with Crippen LogP contribution in [0, 0.1) is 0 Å². The van der Waals surface area contributed by atoms with Gasteiger partial charge in [-0.3, -0.25) is 4.40 Å². The molecule has 2 aromatic heterocycles. The topological polar surface area (TPSA) is 38.6 Å². The van der Waals surface area contributed by atoms with Crippen LogP contribution in [0.2, 0.25) is 0 Å². The Bertz CT molecular complexity index is 502. The molecule has 0 saturated carbocycles. The molecular weight excluding hydrogens is 214 g/mol. The molecule has 3 rings (SSSR count). The summed E-state index contributed by atoms with van der Waals surface area (Å²) in [5, 5.41) is 3.51. The quantitative estimate of drug-likeness (QED) is 0.881. The number of nitrogens with zero attached hydrogens (tertiary/aromatic N) is 2. The minimum atomic E-state index is 0.325. The minimum absolute atomic E-state index is 0.325. The molecule has 0 spiro atoms. The van der Waals surface area contributed by atoms with Crippen molar-refractivity contribution < 1.29 is 4.74 Å². The molecule has 2 atom stereocenters. The van der Waals surface area contributed by atoms with E-state index in [0.29, 0.717) is 12.1 Å². The van der Waals surface area contributed by atoms with Crippen LogP contribution in [-0.4, -0.2) is 28.1 Å². The number of rotatable bonds is 3. The fraction of sp³-hybridized carbons (Fsp3) is 0.462. The van der Waals surface area contributed by atoms with E-state index in [4.69, 9.17) is 4.74 Å². The van der Waals surface area contributed by atoms with Gasteiger partial charge in [0, 0.05) is 19.0 Å². The molecule has 1 aliphatic heterocycles. The van der Waals surface area contributed by atoms with Crippen molar-refractivity contribution in [3.05, 3.63) is 30.6 Å². The SMILES string of the molecule is CC(Nc1cccc2nccn12)C1CCCO1. The lowest BCUT2D eigenvalue weighted by atomic mass is 10.1. The number of nitrogens with one attached hydrogen (secondary N) is 1. The summed E-state index contributed by atoms with van der Waals surface area (Å²) >= 11 is 0. The molecule has 0 aliphatic carbocycles. The summed E-state index contributed by atoms with van der Waals surface area (Å²) in [4.78, 5) is 4.28. The largest absolute Gasteiger partial charge is 0.376 e. The second-order valence-corrected chi connectivity index (χ2v) is 4.55. The number of aromatic nitrogens is 2. The van der Waals surface area contributed by atoms with E-state index in [2.05, 4.69) is 27.7 Å². The number of pyridine rings is 1. The van der Waals surface area contributed by atoms with E-state index in [0.717, 1.165) is 24.5 Å². The molecule has 2 aromatic rings. The summed E-state index contributed by atoms with van der Waals surface area (Å²) in [6.07, 6.45) is 6.44. The third-order valence-electron chi connectivity index (χ3n) is 3.33. The van der Waals surface area contributed by atoms with E-state index in [1.165, 1.54) is 6.42 Å². The standard InChI is InChI=1S/C13H17N3O/c1-10(11-4-3-9-17-11)15-13-6-2-5-12-14-7-8-16(12)13/h2,5-8,10-11,15H,3-4,9H2,1H3. The smallest absolute Gasteiger partial charge is 0.138 e. The molecule has 0 amide bonds. The highest BCUT2D eigenvalue weighted by atomic mass is 16.5. The van der Waals surface area contributed by atoms with Crippen molar-refractivity contribution in [2.24, 2.45) is 0 Å². The predicted octanol–water partition coefficient (Wildman–Crippen LogP) is 2.31. The van der Waals surface area contributed by atoms with Crippen LogP contribution in [0.5, 0.6) is 0 Å². The van der Waals surface area contributed by atoms with Gasteiger partial charge >= 0.3 is 0 Å². The summed E-state index contributed by atoms with van der Waals surface area (Å²) in [6.45, 7) is 3.07. The molecule has 0 bridgehead atoms. The zero-order valence-electron chi connectivity index (χ0n) is 9.97. The maximum atomic E-state index is 5.69. The van der Waals surface area contributed by atoms with Crippen molar-refractivity contribution in [3.63, 3.8) is 0 Å². The molecule has 17 heavy (non-hydrogen) atoms. The Morgan fingerprint density at radius 2 is 2.47 bits per heavy atom. The lowest BCUT2D eigenvalue weighted by molar-refractivity contribution is 0.0995. The highest BCUT2D eigenvalue weighted by Gasteiger charge is 2.22. The summed E-state index contributed by atoms with van der Waals surface area (Å²) in [5.41, 5.74) is 0.967. The van der Waals surface area contributed by atoms with Gasteiger partial charge < -0.3 is 10.1 Å². The number of hydrogen-bond acceptors (Lipinski definition) is 3. The third kappa shape index (κ3) is 2.00. The molecule has 1 fully saturated rings. The highest BCUT2D eigenvalue weighted by Crippen LogP contribution is 2.19. The van der Waals surface area contributed by atoms with Gasteiger partial charge in [-0.15, -0.1) is 0 Å². The molecule has 0 radical (unpaired) electrons. The normalized spacial score (nSPS) is 21.8.